The molecule has 0 radical (unpaired) electrons. The summed E-state index contributed by atoms with van der Waals surface area (Å²) in [6.45, 7) is 2.84. The van der Waals surface area contributed by atoms with Crippen molar-refractivity contribution < 1.29 is 27.0 Å². The first kappa shape index (κ1) is 26.9. The number of nitrogens with one attached hydrogen (secondary N) is 2. The number of benzene rings is 2. The minimum atomic E-state index is -3.35. The lowest BCUT2D eigenvalue weighted by Crippen LogP contribution is -2.45. The quantitative estimate of drug-likeness (QED) is 0.320. The monoisotopic (exact) mass is 553 g/mol. The van der Waals surface area contributed by atoms with Crippen LogP contribution in [0.2, 0.25) is 0 Å². The van der Waals surface area contributed by atoms with Crippen molar-refractivity contribution in [2.75, 3.05) is 26.0 Å². The molecule has 2 aromatic heterocycles. The van der Waals surface area contributed by atoms with Crippen molar-refractivity contribution in [3.8, 4) is 28.7 Å². The summed E-state index contributed by atoms with van der Waals surface area (Å²) in [6, 6.07) is 17.6. The number of rotatable bonds is 9. The molecule has 1 fully saturated rings. The first-order valence-electron chi connectivity index (χ1n) is 12.2. The van der Waals surface area contributed by atoms with Crippen LogP contribution in [0, 0.1) is 11.2 Å². The van der Waals surface area contributed by atoms with Crippen LogP contribution in [0.4, 0.5) is 4.39 Å². The molecule has 1 aliphatic heterocycles. The standard InChI is InChI=1S/C27H28FN5O5S/c1-27(15-30-39(2,34)35)16-37-25(38-17-27)24-32-22(19-8-10-20(28)11-9-19)23(33-24)21-12-13-29-26(31-21)36-14-18-6-4-3-5-7-18/h3-13,25,30H,14-17H2,1-2H3,(H,32,33). The molecule has 1 saturated heterocycles. The van der Waals surface area contributed by atoms with E-state index in [1.165, 1.54) is 12.1 Å². The van der Waals surface area contributed by atoms with Crippen molar-refractivity contribution >= 4 is 10.0 Å². The third-order valence-corrected chi connectivity index (χ3v) is 6.76. The Morgan fingerprint density at radius 2 is 1.79 bits per heavy atom. The third-order valence-electron chi connectivity index (χ3n) is 6.09. The predicted octanol–water partition coefficient (Wildman–Crippen LogP) is 3.85. The van der Waals surface area contributed by atoms with E-state index in [0.29, 0.717) is 35.1 Å². The Hall–Kier alpha value is -3.71. The Kier molecular flexibility index (Phi) is 7.71. The van der Waals surface area contributed by atoms with Crippen LogP contribution in [0.25, 0.3) is 22.6 Å². The van der Waals surface area contributed by atoms with Gasteiger partial charge in [0.15, 0.2) is 5.82 Å². The Morgan fingerprint density at radius 3 is 2.49 bits per heavy atom. The van der Waals surface area contributed by atoms with Gasteiger partial charge in [0.2, 0.25) is 16.3 Å². The normalized spacial score (nSPS) is 19.6. The van der Waals surface area contributed by atoms with E-state index in [4.69, 9.17) is 19.2 Å². The van der Waals surface area contributed by atoms with Gasteiger partial charge in [-0.25, -0.2) is 27.5 Å². The SMILES string of the molecule is CC1(CNS(C)(=O)=O)COC(c2nc(-c3ccc(F)cc3)c(-c3ccnc(OCc4ccccc4)n3)[nH]2)OC1. The van der Waals surface area contributed by atoms with Crippen LogP contribution in [0.3, 0.4) is 0 Å². The van der Waals surface area contributed by atoms with Crippen molar-refractivity contribution in [2.45, 2.75) is 19.8 Å². The molecular weight excluding hydrogens is 525 g/mol. The second-order valence-corrected chi connectivity index (χ2v) is 11.5. The molecule has 0 unspecified atom stereocenters. The summed E-state index contributed by atoms with van der Waals surface area (Å²) in [5.74, 6) is 0.0310. The number of H-pyrrole nitrogens is 1. The highest BCUT2D eigenvalue weighted by molar-refractivity contribution is 7.88. The molecule has 0 bridgehead atoms. The smallest absolute Gasteiger partial charge is 0.317 e. The Labute approximate surface area is 225 Å². The molecule has 5 rings (SSSR count). The molecule has 4 aromatic rings. The minimum Gasteiger partial charge on any atom is -0.459 e. The average molecular weight is 554 g/mol. The summed E-state index contributed by atoms with van der Waals surface area (Å²) >= 11 is 0. The molecule has 0 spiro atoms. The van der Waals surface area contributed by atoms with Gasteiger partial charge in [0.25, 0.3) is 0 Å². The largest absolute Gasteiger partial charge is 0.459 e. The third kappa shape index (κ3) is 6.84. The van der Waals surface area contributed by atoms with Gasteiger partial charge in [-0.05, 0) is 35.9 Å². The number of aromatic nitrogens is 4. The predicted molar refractivity (Wildman–Crippen MR) is 141 cm³/mol. The molecule has 0 saturated carbocycles. The minimum absolute atomic E-state index is 0.176. The van der Waals surface area contributed by atoms with Crippen LogP contribution in [0.15, 0.2) is 66.9 Å². The van der Waals surface area contributed by atoms with Gasteiger partial charge < -0.3 is 19.2 Å². The molecule has 2 aromatic carbocycles. The van der Waals surface area contributed by atoms with Crippen molar-refractivity contribution in [1.82, 2.24) is 24.7 Å². The first-order chi connectivity index (χ1) is 18.7. The molecule has 39 heavy (non-hydrogen) atoms. The van der Waals surface area contributed by atoms with Gasteiger partial charge in [-0.15, -0.1) is 0 Å². The zero-order valence-corrected chi connectivity index (χ0v) is 22.2. The summed E-state index contributed by atoms with van der Waals surface area (Å²) in [5.41, 5.74) is 2.70. The topological polar surface area (TPSA) is 128 Å². The lowest BCUT2D eigenvalue weighted by molar-refractivity contribution is -0.231. The van der Waals surface area contributed by atoms with Gasteiger partial charge in [0.05, 0.1) is 36.6 Å². The number of ether oxygens (including phenoxy) is 3. The fourth-order valence-electron chi connectivity index (χ4n) is 3.99. The molecule has 10 nitrogen and oxygen atoms in total. The van der Waals surface area contributed by atoms with E-state index in [9.17, 15) is 12.8 Å². The highest BCUT2D eigenvalue weighted by Crippen LogP contribution is 2.35. The number of halogens is 1. The van der Waals surface area contributed by atoms with E-state index in [0.717, 1.165) is 11.8 Å². The first-order valence-corrected chi connectivity index (χ1v) is 14.1. The van der Waals surface area contributed by atoms with Crippen LogP contribution in [-0.4, -0.2) is 54.4 Å². The van der Waals surface area contributed by atoms with Gasteiger partial charge in [-0.2, -0.15) is 4.98 Å². The van der Waals surface area contributed by atoms with E-state index in [1.54, 1.807) is 24.4 Å². The van der Waals surface area contributed by atoms with Crippen molar-refractivity contribution in [3.05, 3.63) is 84.1 Å². The fourth-order valence-corrected chi connectivity index (χ4v) is 4.60. The Bertz CT molecular complexity index is 1520. The fraction of sp³-hybridized carbons (Fsp3) is 0.296. The number of nitrogens with zero attached hydrogens (tertiary/aromatic N) is 3. The lowest BCUT2D eigenvalue weighted by atomic mass is 9.92. The molecule has 12 heteroatoms. The molecular formula is C27H28FN5O5S. The Morgan fingerprint density at radius 1 is 1.08 bits per heavy atom. The summed E-state index contributed by atoms with van der Waals surface area (Å²) in [5, 5.41) is 0. The summed E-state index contributed by atoms with van der Waals surface area (Å²) in [6.07, 6.45) is 1.88. The maximum absolute atomic E-state index is 13.7. The zero-order valence-electron chi connectivity index (χ0n) is 21.4. The van der Waals surface area contributed by atoms with E-state index < -0.39 is 21.7 Å². The molecule has 0 atom stereocenters. The molecule has 1 aliphatic rings. The van der Waals surface area contributed by atoms with Gasteiger partial charge in [-0.3, -0.25) is 0 Å². The number of hydrogen-bond acceptors (Lipinski definition) is 8. The van der Waals surface area contributed by atoms with Gasteiger partial charge in [0.1, 0.15) is 12.4 Å². The number of sulfonamides is 1. The van der Waals surface area contributed by atoms with Gasteiger partial charge in [-0.1, -0.05) is 37.3 Å². The van der Waals surface area contributed by atoms with Crippen molar-refractivity contribution in [3.63, 3.8) is 0 Å². The van der Waals surface area contributed by atoms with E-state index in [2.05, 4.69) is 19.7 Å². The van der Waals surface area contributed by atoms with Crippen LogP contribution >= 0.6 is 0 Å². The molecule has 2 N–H and O–H groups in total. The van der Waals surface area contributed by atoms with Crippen molar-refractivity contribution in [1.29, 1.82) is 0 Å². The summed E-state index contributed by atoms with van der Waals surface area (Å²) in [4.78, 5) is 16.8. The second kappa shape index (κ2) is 11.2. The number of imidazole rings is 1. The van der Waals surface area contributed by atoms with Crippen molar-refractivity contribution in [2.24, 2.45) is 5.41 Å². The number of aromatic amines is 1. The Balaban J connectivity index is 1.40. The van der Waals surface area contributed by atoms with Crippen LogP contribution in [0.1, 0.15) is 24.6 Å². The second-order valence-electron chi connectivity index (χ2n) is 9.71. The van der Waals surface area contributed by atoms with Gasteiger partial charge >= 0.3 is 6.01 Å². The maximum Gasteiger partial charge on any atom is 0.317 e. The summed E-state index contributed by atoms with van der Waals surface area (Å²) in [7, 11) is -3.35. The van der Waals surface area contributed by atoms with E-state index in [-0.39, 0.29) is 31.6 Å². The zero-order chi connectivity index (χ0) is 27.5. The highest BCUT2D eigenvalue weighted by atomic mass is 32.2. The van der Waals surface area contributed by atoms with E-state index >= 15 is 0 Å². The van der Waals surface area contributed by atoms with Gasteiger partial charge in [0, 0.05) is 23.7 Å². The molecule has 3 heterocycles. The van der Waals surface area contributed by atoms with E-state index in [1.807, 2.05) is 37.3 Å². The van der Waals surface area contributed by atoms with Crippen LogP contribution < -0.4 is 9.46 Å². The lowest BCUT2D eigenvalue weighted by Gasteiger charge is -2.36. The summed E-state index contributed by atoms with van der Waals surface area (Å²) < 4.78 is 56.9. The molecule has 204 valence electrons. The van der Waals surface area contributed by atoms with Crippen LogP contribution in [-0.2, 0) is 26.1 Å². The highest BCUT2D eigenvalue weighted by Gasteiger charge is 2.35. The van der Waals surface area contributed by atoms with Crippen LogP contribution in [0.5, 0.6) is 6.01 Å². The average Bonchev–Trinajstić information content (AvgIpc) is 3.38. The maximum atomic E-state index is 13.7. The number of hydrogen-bond donors (Lipinski definition) is 2. The molecule has 0 amide bonds. The molecule has 0 aliphatic carbocycles.